The molecule has 1 unspecified atom stereocenters. The van der Waals surface area contributed by atoms with Gasteiger partial charge in [-0.15, -0.1) is 0 Å². The minimum Gasteiger partial charge on any atom is -0.381 e. The van der Waals surface area contributed by atoms with Gasteiger partial charge in [0.15, 0.2) is 0 Å². The summed E-state index contributed by atoms with van der Waals surface area (Å²) >= 11 is 0. The molecule has 3 nitrogen and oxygen atoms in total. The first-order valence-electron chi connectivity index (χ1n) is 7.46. The maximum atomic E-state index is 5.43. The van der Waals surface area contributed by atoms with Crippen LogP contribution in [0.15, 0.2) is 0 Å². The molecular weight excluding hydrogens is 224 g/mol. The Balaban J connectivity index is 2.41. The molecule has 0 saturated carbocycles. The summed E-state index contributed by atoms with van der Waals surface area (Å²) in [5.41, 5.74) is 0.327. The first-order chi connectivity index (χ1) is 8.47. The topological polar surface area (TPSA) is 24.5 Å². The minimum absolute atomic E-state index is 0.327. The van der Waals surface area contributed by atoms with Crippen LogP contribution >= 0.6 is 0 Å². The molecule has 1 heterocycles. The molecule has 0 aliphatic carbocycles. The highest BCUT2D eigenvalue weighted by Gasteiger charge is 2.28. The number of ether oxygens (including phenoxy) is 1. The van der Waals surface area contributed by atoms with E-state index in [4.69, 9.17) is 4.74 Å². The lowest BCUT2D eigenvalue weighted by Gasteiger charge is -2.39. The van der Waals surface area contributed by atoms with Crippen LogP contribution in [0.25, 0.3) is 0 Å². The number of hydrogen-bond acceptors (Lipinski definition) is 3. The monoisotopic (exact) mass is 256 g/mol. The largest absolute Gasteiger partial charge is 0.381 e. The number of methoxy groups -OCH3 is 1. The second-order valence-corrected chi connectivity index (χ2v) is 6.61. The van der Waals surface area contributed by atoms with Gasteiger partial charge in [0.25, 0.3) is 0 Å². The molecule has 1 aliphatic heterocycles. The predicted octanol–water partition coefficient (Wildman–Crippen LogP) is 2.51. The van der Waals surface area contributed by atoms with E-state index in [0.29, 0.717) is 17.6 Å². The van der Waals surface area contributed by atoms with Crippen LogP contribution < -0.4 is 5.32 Å². The summed E-state index contributed by atoms with van der Waals surface area (Å²) in [5, 5.41) is 3.71. The SMILES string of the molecule is CCCNC(CN1CCC(OC)CC1)C(C)(C)C. The summed E-state index contributed by atoms with van der Waals surface area (Å²) in [4.78, 5) is 2.59. The number of rotatable bonds is 6. The fourth-order valence-corrected chi connectivity index (χ4v) is 2.55. The third-order valence-corrected chi connectivity index (χ3v) is 3.99. The molecule has 0 aromatic rings. The van der Waals surface area contributed by atoms with Crippen LogP contribution in [-0.2, 0) is 4.74 Å². The lowest BCUT2D eigenvalue weighted by Crippen LogP contribution is -2.51. The number of nitrogens with one attached hydrogen (secondary N) is 1. The normalized spacial score (nSPS) is 21.2. The van der Waals surface area contributed by atoms with Gasteiger partial charge in [0, 0.05) is 32.8 Å². The molecule has 0 aromatic heterocycles. The van der Waals surface area contributed by atoms with E-state index in [9.17, 15) is 0 Å². The highest BCUT2D eigenvalue weighted by Crippen LogP contribution is 2.22. The Bertz CT molecular complexity index is 217. The maximum absolute atomic E-state index is 5.43. The van der Waals surface area contributed by atoms with E-state index in [1.165, 1.54) is 38.9 Å². The van der Waals surface area contributed by atoms with Crippen LogP contribution in [-0.4, -0.2) is 50.3 Å². The van der Waals surface area contributed by atoms with Crippen molar-refractivity contribution in [3.8, 4) is 0 Å². The number of likely N-dealkylation sites (tertiary alicyclic amines) is 1. The van der Waals surface area contributed by atoms with Gasteiger partial charge in [0.2, 0.25) is 0 Å². The Kier molecular flexibility index (Phi) is 6.61. The van der Waals surface area contributed by atoms with Gasteiger partial charge >= 0.3 is 0 Å². The van der Waals surface area contributed by atoms with Crippen molar-refractivity contribution >= 4 is 0 Å². The third-order valence-electron chi connectivity index (χ3n) is 3.99. The van der Waals surface area contributed by atoms with Crippen molar-refractivity contribution in [3.05, 3.63) is 0 Å². The van der Waals surface area contributed by atoms with Crippen molar-refractivity contribution in [1.29, 1.82) is 0 Å². The van der Waals surface area contributed by atoms with E-state index >= 15 is 0 Å². The molecule has 3 heteroatoms. The third kappa shape index (κ3) is 5.25. The summed E-state index contributed by atoms with van der Waals surface area (Å²) in [5.74, 6) is 0. The summed E-state index contributed by atoms with van der Waals surface area (Å²) < 4.78 is 5.43. The Morgan fingerprint density at radius 2 is 1.89 bits per heavy atom. The lowest BCUT2D eigenvalue weighted by molar-refractivity contribution is 0.0335. The number of nitrogens with zero attached hydrogens (tertiary/aromatic N) is 1. The molecule has 0 aromatic carbocycles. The molecule has 108 valence electrons. The average Bonchev–Trinajstić information content (AvgIpc) is 2.34. The fourth-order valence-electron chi connectivity index (χ4n) is 2.55. The molecule has 0 radical (unpaired) electrons. The molecule has 1 aliphatic rings. The Morgan fingerprint density at radius 3 is 2.33 bits per heavy atom. The van der Waals surface area contributed by atoms with Crippen LogP contribution in [0.2, 0.25) is 0 Å². The molecule has 1 rings (SSSR count). The fraction of sp³-hybridized carbons (Fsp3) is 1.00. The van der Waals surface area contributed by atoms with Crippen molar-refractivity contribution < 1.29 is 4.74 Å². The molecule has 1 N–H and O–H groups in total. The van der Waals surface area contributed by atoms with E-state index in [1.54, 1.807) is 0 Å². The van der Waals surface area contributed by atoms with E-state index in [1.807, 2.05) is 7.11 Å². The Labute approximate surface area is 113 Å². The van der Waals surface area contributed by atoms with Gasteiger partial charge in [-0.2, -0.15) is 0 Å². The highest BCUT2D eigenvalue weighted by atomic mass is 16.5. The zero-order valence-electron chi connectivity index (χ0n) is 13.0. The molecule has 18 heavy (non-hydrogen) atoms. The lowest BCUT2D eigenvalue weighted by atomic mass is 9.86. The number of hydrogen-bond donors (Lipinski definition) is 1. The van der Waals surface area contributed by atoms with Crippen LogP contribution in [0.1, 0.15) is 47.0 Å². The van der Waals surface area contributed by atoms with Gasteiger partial charge in [0.1, 0.15) is 0 Å². The molecule has 0 spiro atoms. The quantitative estimate of drug-likeness (QED) is 0.790. The average molecular weight is 256 g/mol. The van der Waals surface area contributed by atoms with Gasteiger partial charge < -0.3 is 15.0 Å². The van der Waals surface area contributed by atoms with Gasteiger partial charge in [-0.25, -0.2) is 0 Å². The van der Waals surface area contributed by atoms with E-state index in [0.717, 1.165) is 6.54 Å². The zero-order valence-corrected chi connectivity index (χ0v) is 13.0. The van der Waals surface area contributed by atoms with E-state index < -0.39 is 0 Å². The van der Waals surface area contributed by atoms with Crippen molar-refractivity contribution in [2.24, 2.45) is 5.41 Å². The number of piperidine rings is 1. The second kappa shape index (κ2) is 7.46. The van der Waals surface area contributed by atoms with Crippen LogP contribution in [0.5, 0.6) is 0 Å². The molecule has 0 bridgehead atoms. The molecule has 0 amide bonds. The summed E-state index contributed by atoms with van der Waals surface area (Å²) in [6.45, 7) is 13.9. The van der Waals surface area contributed by atoms with Crippen molar-refractivity contribution in [1.82, 2.24) is 10.2 Å². The van der Waals surface area contributed by atoms with Gasteiger partial charge in [-0.05, 0) is 31.2 Å². The first kappa shape index (κ1) is 15.9. The second-order valence-electron chi connectivity index (χ2n) is 6.61. The summed E-state index contributed by atoms with van der Waals surface area (Å²) in [6.07, 6.45) is 4.05. The van der Waals surface area contributed by atoms with Crippen LogP contribution in [0.3, 0.4) is 0 Å². The molecule has 1 fully saturated rings. The zero-order chi connectivity index (χ0) is 13.6. The molecule has 1 saturated heterocycles. The molecule has 1 atom stereocenters. The van der Waals surface area contributed by atoms with Crippen LogP contribution in [0.4, 0.5) is 0 Å². The minimum atomic E-state index is 0.327. The summed E-state index contributed by atoms with van der Waals surface area (Å²) in [7, 11) is 1.83. The van der Waals surface area contributed by atoms with Crippen molar-refractivity contribution in [2.45, 2.75) is 59.1 Å². The van der Waals surface area contributed by atoms with E-state index in [-0.39, 0.29) is 0 Å². The predicted molar refractivity (Wildman–Crippen MR) is 78.0 cm³/mol. The molecular formula is C15H32N2O. The summed E-state index contributed by atoms with van der Waals surface area (Å²) in [6, 6.07) is 0.580. The van der Waals surface area contributed by atoms with Gasteiger partial charge in [-0.3, -0.25) is 0 Å². The van der Waals surface area contributed by atoms with Crippen molar-refractivity contribution in [2.75, 3.05) is 33.3 Å². The standard InChI is InChI=1S/C15H32N2O/c1-6-9-16-14(15(2,3)4)12-17-10-7-13(18-5)8-11-17/h13-14,16H,6-12H2,1-5H3. The van der Waals surface area contributed by atoms with Crippen LogP contribution in [0, 0.1) is 5.41 Å². The maximum Gasteiger partial charge on any atom is 0.0595 e. The Hall–Kier alpha value is -0.120. The van der Waals surface area contributed by atoms with Gasteiger partial charge in [-0.1, -0.05) is 27.7 Å². The van der Waals surface area contributed by atoms with E-state index in [2.05, 4.69) is 37.9 Å². The first-order valence-corrected chi connectivity index (χ1v) is 7.46. The van der Waals surface area contributed by atoms with Gasteiger partial charge in [0.05, 0.1) is 6.10 Å². The highest BCUT2D eigenvalue weighted by molar-refractivity contribution is 4.85. The smallest absolute Gasteiger partial charge is 0.0595 e. The van der Waals surface area contributed by atoms with Crippen molar-refractivity contribution in [3.63, 3.8) is 0 Å². The Morgan fingerprint density at radius 1 is 1.28 bits per heavy atom.